The minimum atomic E-state index is 0.179. The summed E-state index contributed by atoms with van der Waals surface area (Å²) < 4.78 is 12.3. The minimum Gasteiger partial charge on any atom is -0.493 e. The molecule has 0 spiro atoms. The van der Waals surface area contributed by atoms with Crippen molar-refractivity contribution < 1.29 is 9.47 Å². The van der Waals surface area contributed by atoms with Crippen LogP contribution < -0.4 is 15.2 Å². The van der Waals surface area contributed by atoms with Gasteiger partial charge < -0.3 is 15.2 Å². The van der Waals surface area contributed by atoms with Crippen molar-refractivity contribution in [3.05, 3.63) is 22.2 Å². The first-order valence-electron chi connectivity index (χ1n) is 7.26. The fourth-order valence-corrected chi connectivity index (χ4v) is 2.43. The summed E-state index contributed by atoms with van der Waals surface area (Å²) in [5, 5.41) is 0. The van der Waals surface area contributed by atoms with Crippen LogP contribution in [0.5, 0.6) is 11.5 Å². The Kier molecular flexibility index (Phi) is 7.38. The van der Waals surface area contributed by atoms with Crippen molar-refractivity contribution in [2.45, 2.75) is 46.1 Å². The molecule has 2 unspecified atom stereocenters. The van der Waals surface area contributed by atoms with Crippen molar-refractivity contribution in [2.75, 3.05) is 13.7 Å². The third-order valence-electron chi connectivity index (χ3n) is 3.52. The Bertz CT molecular complexity index is 423. The first-order valence-corrected chi connectivity index (χ1v) is 8.05. The molecule has 4 heteroatoms. The van der Waals surface area contributed by atoms with E-state index >= 15 is 0 Å². The lowest BCUT2D eigenvalue weighted by Crippen LogP contribution is -2.21. The number of benzene rings is 1. The quantitative estimate of drug-likeness (QED) is 0.770. The van der Waals surface area contributed by atoms with Crippen LogP contribution in [0.15, 0.2) is 16.6 Å². The molecule has 1 rings (SSSR count). The maximum Gasteiger partial charge on any atom is 0.175 e. The summed E-state index contributed by atoms with van der Waals surface area (Å²) in [5.74, 6) is 2.07. The highest BCUT2D eigenvalue weighted by atomic mass is 79.9. The molecule has 3 nitrogen and oxygen atoms in total. The second kappa shape index (κ2) is 8.53. The summed E-state index contributed by atoms with van der Waals surface area (Å²) in [6.07, 6.45) is 2.91. The van der Waals surface area contributed by atoms with E-state index in [1.807, 2.05) is 6.07 Å². The average Bonchev–Trinajstić information content (AvgIpc) is 2.44. The highest BCUT2D eigenvalue weighted by Crippen LogP contribution is 2.37. The number of hydrogen-bond acceptors (Lipinski definition) is 3. The Morgan fingerprint density at radius 2 is 1.95 bits per heavy atom. The molecule has 0 aromatic heterocycles. The first-order chi connectivity index (χ1) is 9.51. The number of halogens is 1. The van der Waals surface area contributed by atoms with Gasteiger partial charge in [0, 0.05) is 6.04 Å². The molecule has 0 aliphatic rings. The van der Waals surface area contributed by atoms with Gasteiger partial charge in [0.1, 0.15) is 0 Å². The molecule has 2 N–H and O–H groups in total. The van der Waals surface area contributed by atoms with Crippen LogP contribution in [0, 0.1) is 5.92 Å². The molecule has 1 aromatic rings. The molecular weight excluding hydrogens is 318 g/mol. The summed E-state index contributed by atoms with van der Waals surface area (Å²) in [6, 6.07) is 4.27. The zero-order chi connectivity index (χ0) is 15.1. The maximum absolute atomic E-state index is 6.01. The van der Waals surface area contributed by atoms with Crippen molar-refractivity contribution in [3.8, 4) is 11.5 Å². The van der Waals surface area contributed by atoms with Gasteiger partial charge in [0.15, 0.2) is 11.5 Å². The average molecular weight is 344 g/mol. The number of rotatable bonds is 8. The lowest BCUT2D eigenvalue weighted by atomic mass is 10.0. The summed E-state index contributed by atoms with van der Waals surface area (Å²) in [7, 11) is 1.67. The Balaban J connectivity index is 2.90. The van der Waals surface area contributed by atoms with E-state index in [2.05, 4.69) is 42.8 Å². The van der Waals surface area contributed by atoms with Crippen LogP contribution in [0.2, 0.25) is 0 Å². The molecule has 0 heterocycles. The zero-order valence-electron chi connectivity index (χ0n) is 12.9. The molecule has 0 bridgehead atoms. The fraction of sp³-hybridized carbons (Fsp3) is 0.625. The minimum absolute atomic E-state index is 0.179. The second-order valence-electron chi connectivity index (χ2n) is 5.31. The van der Waals surface area contributed by atoms with Gasteiger partial charge in [-0.2, -0.15) is 0 Å². The smallest absolute Gasteiger partial charge is 0.175 e. The van der Waals surface area contributed by atoms with Crippen molar-refractivity contribution >= 4 is 15.9 Å². The van der Waals surface area contributed by atoms with Gasteiger partial charge in [0.05, 0.1) is 18.2 Å². The second-order valence-corrected chi connectivity index (χ2v) is 6.16. The van der Waals surface area contributed by atoms with Crippen molar-refractivity contribution in [2.24, 2.45) is 11.7 Å². The van der Waals surface area contributed by atoms with Gasteiger partial charge in [0.25, 0.3) is 0 Å². The summed E-state index contributed by atoms with van der Waals surface area (Å²) >= 11 is 3.58. The van der Waals surface area contributed by atoms with Crippen LogP contribution in [0.1, 0.15) is 39.2 Å². The summed E-state index contributed by atoms with van der Waals surface area (Å²) in [6.45, 7) is 7.13. The Morgan fingerprint density at radius 3 is 2.50 bits per heavy atom. The first kappa shape index (κ1) is 17.3. The van der Waals surface area contributed by atoms with E-state index in [-0.39, 0.29) is 6.04 Å². The molecule has 0 saturated heterocycles. The molecule has 0 amide bonds. The Morgan fingerprint density at radius 1 is 1.25 bits per heavy atom. The summed E-state index contributed by atoms with van der Waals surface area (Å²) in [5.41, 5.74) is 7.18. The third-order valence-corrected chi connectivity index (χ3v) is 4.11. The Hall–Kier alpha value is -0.740. The van der Waals surface area contributed by atoms with E-state index in [0.717, 1.165) is 35.2 Å². The molecule has 0 radical (unpaired) electrons. The molecule has 2 atom stereocenters. The van der Waals surface area contributed by atoms with Crippen LogP contribution in [-0.4, -0.2) is 19.8 Å². The maximum atomic E-state index is 6.01. The monoisotopic (exact) mass is 343 g/mol. The van der Waals surface area contributed by atoms with Gasteiger partial charge in [-0.15, -0.1) is 0 Å². The van der Waals surface area contributed by atoms with Crippen LogP contribution in [-0.2, 0) is 6.42 Å². The van der Waals surface area contributed by atoms with Gasteiger partial charge in [0.2, 0.25) is 0 Å². The normalized spacial score (nSPS) is 13.9. The zero-order valence-corrected chi connectivity index (χ0v) is 14.5. The van der Waals surface area contributed by atoms with E-state index in [1.54, 1.807) is 7.11 Å². The van der Waals surface area contributed by atoms with E-state index in [9.17, 15) is 0 Å². The molecule has 114 valence electrons. The predicted molar refractivity (Wildman–Crippen MR) is 87.6 cm³/mol. The molecule has 0 aliphatic carbocycles. The predicted octanol–water partition coefficient (Wildman–Crippen LogP) is 4.16. The van der Waals surface area contributed by atoms with E-state index < -0.39 is 0 Å². The SMILES string of the molecule is CCC(C)COc1c(Br)cc(CC(N)CC)cc1OC. The largest absolute Gasteiger partial charge is 0.493 e. The molecule has 0 fully saturated rings. The molecule has 1 aromatic carbocycles. The van der Waals surface area contributed by atoms with Crippen LogP contribution in [0.3, 0.4) is 0 Å². The van der Waals surface area contributed by atoms with E-state index in [1.165, 1.54) is 5.56 Å². The van der Waals surface area contributed by atoms with E-state index in [4.69, 9.17) is 15.2 Å². The lowest BCUT2D eigenvalue weighted by Gasteiger charge is -2.17. The van der Waals surface area contributed by atoms with Crippen LogP contribution in [0.25, 0.3) is 0 Å². The molecule has 0 aliphatic heterocycles. The number of ether oxygens (including phenoxy) is 2. The van der Waals surface area contributed by atoms with Gasteiger partial charge in [-0.05, 0) is 52.4 Å². The van der Waals surface area contributed by atoms with Crippen LogP contribution >= 0.6 is 15.9 Å². The highest BCUT2D eigenvalue weighted by Gasteiger charge is 2.14. The fourth-order valence-electron chi connectivity index (χ4n) is 1.82. The lowest BCUT2D eigenvalue weighted by molar-refractivity contribution is 0.243. The van der Waals surface area contributed by atoms with Gasteiger partial charge >= 0.3 is 0 Å². The third kappa shape index (κ3) is 4.98. The number of methoxy groups -OCH3 is 1. The highest BCUT2D eigenvalue weighted by molar-refractivity contribution is 9.10. The van der Waals surface area contributed by atoms with Crippen LogP contribution in [0.4, 0.5) is 0 Å². The van der Waals surface area contributed by atoms with Crippen molar-refractivity contribution in [3.63, 3.8) is 0 Å². The van der Waals surface area contributed by atoms with E-state index in [0.29, 0.717) is 12.5 Å². The van der Waals surface area contributed by atoms with Gasteiger partial charge in [-0.25, -0.2) is 0 Å². The topological polar surface area (TPSA) is 44.5 Å². The van der Waals surface area contributed by atoms with Crippen molar-refractivity contribution in [1.82, 2.24) is 0 Å². The molecular formula is C16H26BrNO2. The molecule has 20 heavy (non-hydrogen) atoms. The Labute approximate surface area is 131 Å². The van der Waals surface area contributed by atoms with Gasteiger partial charge in [-0.3, -0.25) is 0 Å². The number of nitrogens with two attached hydrogens (primary N) is 1. The number of hydrogen-bond donors (Lipinski definition) is 1. The molecule has 0 saturated carbocycles. The summed E-state index contributed by atoms with van der Waals surface area (Å²) in [4.78, 5) is 0. The van der Waals surface area contributed by atoms with Gasteiger partial charge in [-0.1, -0.05) is 27.2 Å². The standard InChI is InChI=1S/C16H26BrNO2/c1-5-11(3)10-20-16-14(17)8-12(7-13(18)6-2)9-15(16)19-4/h8-9,11,13H,5-7,10,18H2,1-4H3. The van der Waals surface area contributed by atoms with Crippen molar-refractivity contribution in [1.29, 1.82) is 0 Å².